The predicted molar refractivity (Wildman–Crippen MR) is 79.1 cm³/mol. The van der Waals surface area contributed by atoms with Crippen molar-refractivity contribution in [2.45, 2.75) is 31.7 Å². The van der Waals surface area contributed by atoms with Gasteiger partial charge in [-0.25, -0.2) is 8.78 Å². The minimum atomic E-state index is -0.860. The van der Waals surface area contributed by atoms with Crippen LogP contribution in [-0.2, 0) is 0 Å². The maximum atomic E-state index is 14.1. The Morgan fingerprint density at radius 2 is 1.59 bits per heavy atom. The van der Waals surface area contributed by atoms with Crippen LogP contribution in [0.25, 0.3) is 0 Å². The second-order valence-corrected chi connectivity index (χ2v) is 5.98. The lowest BCUT2D eigenvalue weighted by Gasteiger charge is -2.39. The van der Waals surface area contributed by atoms with Crippen molar-refractivity contribution in [3.05, 3.63) is 33.9 Å². The van der Waals surface area contributed by atoms with Crippen LogP contribution in [0.3, 0.4) is 0 Å². The highest BCUT2D eigenvalue weighted by Crippen LogP contribution is 2.30. The molecule has 0 aromatic heterocycles. The zero-order valence-electron chi connectivity index (χ0n) is 12.3. The molecule has 1 aromatic carbocycles. The van der Waals surface area contributed by atoms with E-state index >= 15 is 0 Å². The summed E-state index contributed by atoms with van der Waals surface area (Å²) in [5.74, 6) is -1.72. The number of nitrogens with zero attached hydrogens (tertiary/aromatic N) is 3. The van der Waals surface area contributed by atoms with Crippen LogP contribution in [0, 0.1) is 21.7 Å². The highest BCUT2D eigenvalue weighted by molar-refractivity contribution is 5.54. The molecule has 0 radical (unpaired) electrons. The van der Waals surface area contributed by atoms with Gasteiger partial charge in [-0.1, -0.05) is 12.8 Å². The van der Waals surface area contributed by atoms with Crippen molar-refractivity contribution in [2.75, 3.05) is 31.1 Å². The standard InChI is InChI=1S/C15H19F2N3O2/c16-13-9-12(20(21)22)10-14(17)15(13)19-7-5-18(6-8-19)11-3-1-2-4-11/h9-11H,1-8H2. The zero-order chi connectivity index (χ0) is 15.7. The molecule has 0 unspecified atom stereocenters. The number of hydrogen-bond acceptors (Lipinski definition) is 4. The van der Waals surface area contributed by atoms with Gasteiger partial charge in [0.25, 0.3) is 5.69 Å². The third-order valence-corrected chi connectivity index (χ3v) is 4.68. The van der Waals surface area contributed by atoms with E-state index in [1.54, 1.807) is 4.90 Å². The lowest BCUT2D eigenvalue weighted by Crippen LogP contribution is -2.50. The molecule has 0 atom stereocenters. The molecule has 120 valence electrons. The molecule has 7 heteroatoms. The van der Waals surface area contributed by atoms with Crippen molar-refractivity contribution in [3.8, 4) is 0 Å². The topological polar surface area (TPSA) is 49.6 Å². The van der Waals surface area contributed by atoms with Crippen LogP contribution in [0.1, 0.15) is 25.7 Å². The first-order valence-corrected chi connectivity index (χ1v) is 7.68. The fourth-order valence-electron chi connectivity index (χ4n) is 3.54. The maximum absolute atomic E-state index is 14.1. The smallest absolute Gasteiger partial charge is 0.275 e. The van der Waals surface area contributed by atoms with Gasteiger partial charge >= 0.3 is 0 Å². The molecule has 3 rings (SSSR count). The van der Waals surface area contributed by atoms with Gasteiger partial charge in [-0.3, -0.25) is 15.0 Å². The Labute approximate surface area is 127 Å². The Kier molecular flexibility index (Phi) is 4.24. The minimum absolute atomic E-state index is 0.142. The van der Waals surface area contributed by atoms with E-state index in [0.29, 0.717) is 19.1 Å². The van der Waals surface area contributed by atoms with Crippen LogP contribution >= 0.6 is 0 Å². The first-order valence-electron chi connectivity index (χ1n) is 7.68. The van der Waals surface area contributed by atoms with Gasteiger partial charge in [0.05, 0.1) is 17.1 Å². The third kappa shape index (κ3) is 2.90. The van der Waals surface area contributed by atoms with Crippen molar-refractivity contribution in [3.63, 3.8) is 0 Å². The van der Waals surface area contributed by atoms with E-state index in [2.05, 4.69) is 4.90 Å². The van der Waals surface area contributed by atoms with E-state index in [4.69, 9.17) is 0 Å². The Morgan fingerprint density at radius 1 is 1.05 bits per heavy atom. The van der Waals surface area contributed by atoms with Crippen molar-refractivity contribution >= 4 is 11.4 Å². The molecule has 1 saturated carbocycles. The number of nitro benzene ring substituents is 1. The van der Waals surface area contributed by atoms with Crippen molar-refractivity contribution < 1.29 is 13.7 Å². The minimum Gasteiger partial charge on any atom is -0.364 e. The molecule has 22 heavy (non-hydrogen) atoms. The average molecular weight is 311 g/mol. The molecule has 0 amide bonds. The highest BCUT2D eigenvalue weighted by atomic mass is 19.1. The summed E-state index contributed by atoms with van der Waals surface area (Å²) >= 11 is 0. The summed E-state index contributed by atoms with van der Waals surface area (Å²) in [6.07, 6.45) is 4.94. The Hall–Kier alpha value is -1.76. The first kappa shape index (κ1) is 15.1. The first-order chi connectivity index (χ1) is 10.6. The van der Waals surface area contributed by atoms with Gasteiger partial charge in [-0.15, -0.1) is 0 Å². The van der Waals surface area contributed by atoms with E-state index in [1.165, 1.54) is 25.7 Å². The van der Waals surface area contributed by atoms with Crippen LogP contribution in [0.15, 0.2) is 12.1 Å². The monoisotopic (exact) mass is 311 g/mol. The van der Waals surface area contributed by atoms with Gasteiger partial charge in [0, 0.05) is 32.2 Å². The molecule has 0 spiro atoms. The van der Waals surface area contributed by atoms with Crippen LogP contribution in [0.4, 0.5) is 20.2 Å². The lowest BCUT2D eigenvalue weighted by atomic mass is 10.1. The normalized spacial score (nSPS) is 20.5. The summed E-state index contributed by atoms with van der Waals surface area (Å²) in [7, 11) is 0. The van der Waals surface area contributed by atoms with E-state index in [1.807, 2.05) is 0 Å². The summed E-state index contributed by atoms with van der Waals surface area (Å²) in [6, 6.07) is 2.19. The van der Waals surface area contributed by atoms with Gasteiger partial charge in [-0.05, 0) is 12.8 Å². The molecule has 2 aliphatic rings. The van der Waals surface area contributed by atoms with Crippen LogP contribution in [-0.4, -0.2) is 42.0 Å². The molecule has 2 fully saturated rings. The number of hydrogen-bond donors (Lipinski definition) is 0. The second-order valence-electron chi connectivity index (χ2n) is 5.98. The highest BCUT2D eigenvalue weighted by Gasteiger charge is 2.29. The summed E-state index contributed by atoms with van der Waals surface area (Å²) in [5, 5.41) is 10.6. The number of benzene rings is 1. The zero-order valence-corrected chi connectivity index (χ0v) is 12.3. The second kappa shape index (κ2) is 6.16. The van der Waals surface area contributed by atoms with Gasteiger partial charge < -0.3 is 4.90 Å². The Morgan fingerprint density at radius 3 is 2.09 bits per heavy atom. The Bertz CT molecular complexity index is 545. The number of nitro groups is 1. The molecule has 0 bridgehead atoms. The summed E-state index contributed by atoms with van der Waals surface area (Å²) in [4.78, 5) is 13.9. The van der Waals surface area contributed by atoms with Gasteiger partial charge in [0.2, 0.25) is 0 Å². The largest absolute Gasteiger partial charge is 0.364 e. The average Bonchev–Trinajstić information content (AvgIpc) is 3.01. The molecular formula is C15H19F2N3O2. The van der Waals surface area contributed by atoms with Crippen molar-refractivity contribution in [2.24, 2.45) is 0 Å². The fourth-order valence-corrected chi connectivity index (χ4v) is 3.54. The van der Waals surface area contributed by atoms with Crippen LogP contribution < -0.4 is 4.90 Å². The van der Waals surface area contributed by atoms with Crippen molar-refractivity contribution in [1.82, 2.24) is 4.90 Å². The maximum Gasteiger partial charge on any atom is 0.275 e. The summed E-state index contributed by atoms with van der Waals surface area (Å²) < 4.78 is 28.1. The van der Waals surface area contributed by atoms with E-state index in [9.17, 15) is 18.9 Å². The number of rotatable bonds is 3. The number of anilines is 1. The molecule has 1 aliphatic carbocycles. The molecule has 1 aromatic rings. The van der Waals surface area contributed by atoms with Gasteiger partial charge in [0.15, 0.2) is 11.6 Å². The van der Waals surface area contributed by atoms with Crippen LogP contribution in [0.5, 0.6) is 0 Å². The molecule has 5 nitrogen and oxygen atoms in total. The molecule has 1 aliphatic heterocycles. The molecule has 1 saturated heterocycles. The molecular weight excluding hydrogens is 292 g/mol. The third-order valence-electron chi connectivity index (χ3n) is 4.68. The Balaban J connectivity index is 1.72. The number of halogens is 2. The van der Waals surface area contributed by atoms with E-state index in [0.717, 1.165) is 25.2 Å². The quantitative estimate of drug-likeness (QED) is 0.636. The fraction of sp³-hybridized carbons (Fsp3) is 0.600. The summed E-state index contributed by atoms with van der Waals surface area (Å²) in [6.45, 7) is 2.64. The lowest BCUT2D eigenvalue weighted by molar-refractivity contribution is -0.385. The van der Waals surface area contributed by atoms with Gasteiger partial charge in [0.1, 0.15) is 5.69 Å². The summed E-state index contributed by atoms with van der Waals surface area (Å²) in [5.41, 5.74) is -0.694. The van der Waals surface area contributed by atoms with Crippen LogP contribution in [0.2, 0.25) is 0 Å². The van der Waals surface area contributed by atoms with Crippen molar-refractivity contribution in [1.29, 1.82) is 0 Å². The molecule has 0 N–H and O–H groups in total. The number of piperazine rings is 1. The van der Waals surface area contributed by atoms with E-state index in [-0.39, 0.29) is 5.69 Å². The SMILES string of the molecule is O=[N+]([O-])c1cc(F)c(N2CCN(C3CCCC3)CC2)c(F)c1. The molecule has 1 heterocycles. The number of non-ortho nitro benzene ring substituents is 1. The van der Waals surface area contributed by atoms with E-state index < -0.39 is 22.2 Å². The van der Waals surface area contributed by atoms with Gasteiger partial charge in [-0.2, -0.15) is 0 Å². The predicted octanol–water partition coefficient (Wildman–Crippen LogP) is 2.94.